The van der Waals surface area contributed by atoms with Gasteiger partial charge in [0.25, 0.3) is 0 Å². The Hall–Kier alpha value is -2.26. The molecule has 2 aliphatic carbocycles. The maximum atomic E-state index is 12.7. The Morgan fingerprint density at radius 1 is 1.10 bits per heavy atom. The van der Waals surface area contributed by atoms with Crippen molar-refractivity contribution in [3.05, 3.63) is 24.0 Å². The number of ether oxygens (including phenoxy) is 2. The minimum absolute atomic E-state index is 0.0451. The summed E-state index contributed by atoms with van der Waals surface area (Å²) in [4.78, 5) is 6.63. The van der Waals surface area contributed by atoms with E-state index in [0.717, 1.165) is 44.8 Å². The molecule has 4 aliphatic rings. The molecule has 2 aliphatic heterocycles. The standard InChI is InChI=1S/C22H27F2N5O2/c23-22(24)31-19-5-12(7-26-21(19)25)17-6-18(29(27-17)13-3-1-2-4-13)20-15-8-28(9-16(15)20)14-10-30-11-14/h5-7,13-16,20,22H,1-4,8-11H2,(H2,25,26)/t15-,16+,20?. The molecule has 166 valence electrons. The van der Waals surface area contributed by atoms with E-state index < -0.39 is 6.61 Å². The number of rotatable bonds is 6. The lowest BCUT2D eigenvalue weighted by Crippen LogP contribution is -2.48. The number of nitrogen functional groups attached to an aromatic ring is 1. The van der Waals surface area contributed by atoms with E-state index in [9.17, 15) is 8.78 Å². The summed E-state index contributed by atoms with van der Waals surface area (Å²) in [7, 11) is 0. The van der Waals surface area contributed by atoms with Crippen LogP contribution >= 0.6 is 0 Å². The van der Waals surface area contributed by atoms with Crippen LogP contribution in [-0.2, 0) is 4.74 Å². The normalized spacial score (nSPS) is 28.8. The highest BCUT2D eigenvalue weighted by Gasteiger charge is 2.59. The summed E-state index contributed by atoms with van der Waals surface area (Å²) in [6.07, 6.45) is 6.32. The van der Waals surface area contributed by atoms with Gasteiger partial charge in [0, 0.05) is 36.5 Å². The maximum absolute atomic E-state index is 12.7. The molecule has 6 rings (SSSR count). The molecule has 0 bridgehead atoms. The molecule has 9 heteroatoms. The van der Waals surface area contributed by atoms with Crippen LogP contribution in [0.4, 0.5) is 14.6 Å². The Balaban J connectivity index is 1.29. The number of nitrogens with two attached hydrogens (primary N) is 1. The van der Waals surface area contributed by atoms with E-state index >= 15 is 0 Å². The average molecular weight is 431 g/mol. The molecular weight excluding hydrogens is 404 g/mol. The number of nitrogens with zero attached hydrogens (tertiary/aromatic N) is 4. The smallest absolute Gasteiger partial charge is 0.387 e. The largest absolute Gasteiger partial charge is 0.431 e. The molecule has 31 heavy (non-hydrogen) atoms. The van der Waals surface area contributed by atoms with Crippen molar-refractivity contribution in [3.8, 4) is 17.0 Å². The van der Waals surface area contributed by atoms with Gasteiger partial charge in [0.05, 0.1) is 31.0 Å². The third-order valence-electron chi connectivity index (χ3n) is 7.53. The van der Waals surface area contributed by atoms with Crippen LogP contribution in [0.3, 0.4) is 0 Å². The number of pyridine rings is 1. The van der Waals surface area contributed by atoms with E-state index in [1.807, 2.05) is 0 Å². The predicted molar refractivity (Wildman–Crippen MR) is 110 cm³/mol. The van der Waals surface area contributed by atoms with Gasteiger partial charge in [-0.3, -0.25) is 9.58 Å². The summed E-state index contributed by atoms with van der Waals surface area (Å²) < 4.78 is 37.6. The number of fused-ring (bicyclic) bond motifs is 1. The summed E-state index contributed by atoms with van der Waals surface area (Å²) >= 11 is 0. The van der Waals surface area contributed by atoms with Crippen molar-refractivity contribution < 1.29 is 18.3 Å². The SMILES string of the molecule is Nc1ncc(-c2cc(C3[C@H]4CN(C5COC5)C[C@@H]34)n(C3CCCC3)n2)cc1OC(F)F. The number of hydrogen-bond acceptors (Lipinski definition) is 6. The highest BCUT2D eigenvalue weighted by Crippen LogP contribution is 2.59. The molecule has 1 unspecified atom stereocenters. The summed E-state index contributed by atoms with van der Waals surface area (Å²) in [6.45, 7) is 1.04. The van der Waals surface area contributed by atoms with Gasteiger partial charge in [0.2, 0.25) is 0 Å². The molecule has 7 nitrogen and oxygen atoms in total. The summed E-state index contributed by atoms with van der Waals surface area (Å²) in [6, 6.07) is 4.67. The Kier molecular flexibility index (Phi) is 4.64. The van der Waals surface area contributed by atoms with E-state index in [1.54, 1.807) is 6.20 Å². The molecule has 2 aromatic rings. The third-order valence-corrected chi connectivity index (χ3v) is 7.53. The Bertz CT molecular complexity index is 961. The fourth-order valence-electron chi connectivity index (χ4n) is 5.76. The number of halogens is 2. The number of hydrogen-bond donors (Lipinski definition) is 1. The Morgan fingerprint density at radius 3 is 2.48 bits per heavy atom. The molecular formula is C22H27F2N5O2. The first-order valence-corrected chi connectivity index (χ1v) is 11.2. The monoisotopic (exact) mass is 431 g/mol. The van der Waals surface area contributed by atoms with E-state index in [1.165, 1.54) is 24.6 Å². The van der Waals surface area contributed by atoms with Crippen LogP contribution in [0.2, 0.25) is 0 Å². The minimum Gasteiger partial charge on any atom is -0.431 e. The predicted octanol–water partition coefficient (Wildman–Crippen LogP) is 3.29. The molecule has 3 atom stereocenters. The minimum atomic E-state index is -2.94. The number of anilines is 1. The number of aromatic nitrogens is 3. The van der Waals surface area contributed by atoms with Crippen LogP contribution < -0.4 is 10.5 Å². The second kappa shape index (κ2) is 7.41. The first-order chi connectivity index (χ1) is 15.1. The average Bonchev–Trinajstić information content (AvgIpc) is 3.18. The quantitative estimate of drug-likeness (QED) is 0.756. The second-order valence-electron chi connectivity index (χ2n) is 9.32. The van der Waals surface area contributed by atoms with Gasteiger partial charge >= 0.3 is 6.61 Å². The molecule has 0 amide bonds. The van der Waals surface area contributed by atoms with E-state index in [4.69, 9.17) is 15.6 Å². The highest BCUT2D eigenvalue weighted by atomic mass is 19.3. The van der Waals surface area contributed by atoms with Gasteiger partial charge in [0.15, 0.2) is 11.6 Å². The number of piperidine rings is 1. The van der Waals surface area contributed by atoms with E-state index in [2.05, 4.69) is 25.4 Å². The van der Waals surface area contributed by atoms with Crippen molar-refractivity contribution in [2.75, 3.05) is 32.0 Å². The molecule has 0 spiro atoms. The molecule has 2 saturated carbocycles. The van der Waals surface area contributed by atoms with Crippen LogP contribution in [0.25, 0.3) is 11.3 Å². The summed E-state index contributed by atoms with van der Waals surface area (Å²) in [5.74, 6) is 1.72. The second-order valence-corrected chi connectivity index (χ2v) is 9.32. The lowest BCUT2D eigenvalue weighted by Gasteiger charge is -2.35. The van der Waals surface area contributed by atoms with Crippen molar-refractivity contribution in [2.24, 2.45) is 11.8 Å². The summed E-state index contributed by atoms with van der Waals surface area (Å²) in [5.41, 5.74) is 8.41. The molecule has 2 saturated heterocycles. The lowest BCUT2D eigenvalue weighted by molar-refractivity contribution is -0.0610. The van der Waals surface area contributed by atoms with Crippen LogP contribution in [-0.4, -0.2) is 58.6 Å². The van der Waals surface area contributed by atoms with Crippen molar-refractivity contribution in [1.82, 2.24) is 19.7 Å². The van der Waals surface area contributed by atoms with Gasteiger partial charge in [-0.2, -0.15) is 13.9 Å². The van der Waals surface area contributed by atoms with Gasteiger partial charge in [-0.25, -0.2) is 4.98 Å². The zero-order chi connectivity index (χ0) is 21.1. The van der Waals surface area contributed by atoms with Crippen molar-refractivity contribution >= 4 is 5.82 Å². The fraction of sp³-hybridized carbons (Fsp3) is 0.636. The molecule has 4 heterocycles. The molecule has 0 radical (unpaired) electrons. The molecule has 0 aromatic carbocycles. The topological polar surface area (TPSA) is 78.4 Å². The first kappa shape index (κ1) is 19.4. The van der Waals surface area contributed by atoms with Gasteiger partial charge in [-0.05, 0) is 36.8 Å². The van der Waals surface area contributed by atoms with Crippen LogP contribution in [0, 0.1) is 11.8 Å². The van der Waals surface area contributed by atoms with Crippen molar-refractivity contribution in [1.29, 1.82) is 0 Å². The first-order valence-electron chi connectivity index (χ1n) is 11.2. The summed E-state index contributed by atoms with van der Waals surface area (Å²) in [5, 5.41) is 4.94. The zero-order valence-electron chi connectivity index (χ0n) is 17.3. The van der Waals surface area contributed by atoms with Crippen LogP contribution in [0.1, 0.15) is 43.3 Å². The zero-order valence-corrected chi connectivity index (χ0v) is 17.3. The highest BCUT2D eigenvalue weighted by molar-refractivity contribution is 5.64. The van der Waals surface area contributed by atoms with Crippen LogP contribution in [0.15, 0.2) is 18.3 Å². The number of alkyl halides is 2. The number of likely N-dealkylation sites (tertiary alicyclic amines) is 1. The third kappa shape index (κ3) is 3.38. The molecule has 4 fully saturated rings. The fourth-order valence-corrected chi connectivity index (χ4v) is 5.76. The van der Waals surface area contributed by atoms with Crippen molar-refractivity contribution in [3.63, 3.8) is 0 Å². The Morgan fingerprint density at radius 2 is 1.84 bits per heavy atom. The van der Waals surface area contributed by atoms with Crippen molar-refractivity contribution in [2.45, 2.75) is 50.3 Å². The van der Waals surface area contributed by atoms with Crippen LogP contribution in [0.5, 0.6) is 5.75 Å². The van der Waals surface area contributed by atoms with Gasteiger partial charge in [0.1, 0.15) is 0 Å². The van der Waals surface area contributed by atoms with Gasteiger partial charge < -0.3 is 15.2 Å². The molecule has 2 aromatic heterocycles. The van der Waals surface area contributed by atoms with E-state index in [0.29, 0.717) is 35.4 Å². The van der Waals surface area contributed by atoms with Gasteiger partial charge in [-0.1, -0.05) is 12.8 Å². The maximum Gasteiger partial charge on any atom is 0.387 e. The van der Waals surface area contributed by atoms with Gasteiger partial charge in [-0.15, -0.1) is 0 Å². The van der Waals surface area contributed by atoms with E-state index in [-0.39, 0.29) is 11.6 Å². The molecule has 2 N–H and O–H groups in total. The lowest BCUT2D eigenvalue weighted by atomic mass is 10.1. The Labute approximate surface area is 179 Å².